The van der Waals surface area contributed by atoms with E-state index in [1.54, 1.807) is 42.5 Å². The van der Waals surface area contributed by atoms with E-state index in [1.807, 2.05) is 12.1 Å². The lowest BCUT2D eigenvalue weighted by molar-refractivity contribution is -0.274. The van der Waals surface area contributed by atoms with Gasteiger partial charge in [-0.3, -0.25) is 0 Å². The van der Waals surface area contributed by atoms with Gasteiger partial charge in [0.15, 0.2) is 0 Å². The van der Waals surface area contributed by atoms with Gasteiger partial charge in [0.05, 0.1) is 4.90 Å². The van der Waals surface area contributed by atoms with Gasteiger partial charge < -0.3 is 4.74 Å². The molecule has 0 spiro atoms. The molecule has 2 nitrogen and oxygen atoms in total. The van der Waals surface area contributed by atoms with E-state index in [4.69, 9.17) is 0 Å². The third-order valence-electron chi connectivity index (χ3n) is 4.54. The molecule has 154 valence electrons. The van der Waals surface area contributed by atoms with E-state index in [-0.39, 0.29) is 11.3 Å². The van der Waals surface area contributed by atoms with Gasteiger partial charge in [-0.25, -0.2) is 4.21 Å². The largest absolute Gasteiger partial charge is 0.573 e. The zero-order valence-corrected chi connectivity index (χ0v) is 20.3. The number of benzene rings is 4. The molecule has 1 unspecified atom stereocenters. The van der Waals surface area contributed by atoms with Crippen molar-refractivity contribution in [3.63, 3.8) is 0 Å². The van der Waals surface area contributed by atoms with Gasteiger partial charge in [0.2, 0.25) is 0 Å². The van der Waals surface area contributed by atoms with Crippen LogP contribution in [0.3, 0.4) is 0 Å². The maximum absolute atomic E-state index is 13.2. The summed E-state index contributed by atoms with van der Waals surface area (Å²) >= 11 is 9.89. The molecular formula is C21H10Br3F3O2S. The summed E-state index contributed by atoms with van der Waals surface area (Å²) in [5, 5.41) is 2.71. The highest BCUT2D eigenvalue weighted by Crippen LogP contribution is 2.46. The maximum atomic E-state index is 13.2. The Hall–Kier alpha value is -1.42. The molecule has 0 aromatic heterocycles. The summed E-state index contributed by atoms with van der Waals surface area (Å²) in [6.45, 7) is 0. The van der Waals surface area contributed by atoms with Gasteiger partial charge in [-0.1, -0.05) is 56.1 Å². The van der Waals surface area contributed by atoms with E-state index >= 15 is 0 Å². The molecule has 0 saturated carbocycles. The molecule has 4 aromatic carbocycles. The second kappa shape index (κ2) is 8.26. The third kappa shape index (κ3) is 4.30. The van der Waals surface area contributed by atoms with E-state index < -0.39 is 15.6 Å². The summed E-state index contributed by atoms with van der Waals surface area (Å²) in [6.07, 6.45) is -4.88. The van der Waals surface area contributed by atoms with Crippen molar-refractivity contribution in [3.8, 4) is 16.9 Å². The minimum Gasteiger partial charge on any atom is -0.405 e. The fraction of sp³-hybridized carbons (Fsp3) is 0.0476. The van der Waals surface area contributed by atoms with E-state index in [0.29, 0.717) is 26.6 Å². The molecule has 0 amide bonds. The number of ether oxygens (including phenoxy) is 1. The molecular weight excluding hydrogens is 613 g/mol. The first kappa shape index (κ1) is 21.8. The Morgan fingerprint density at radius 1 is 0.767 bits per heavy atom. The van der Waals surface area contributed by atoms with Crippen LogP contribution in [0.25, 0.3) is 32.7 Å². The van der Waals surface area contributed by atoms with E-state index in [1.165, 1.54) is 6.07 Å². The summed E-state index contributed by atoms with van der Waals surface area (Å²) in [5.41, 5.74) is 0.649. The Balaban J connectivity index is 2.19. The van der Waals surface area contributed by atoms with Crippen LogP contribution in [0.15, 0.2) is 74.5 Å². The van der Waals surface area contributed by atoms with Crippen LogP contribution in [0.1, 0.15) is 0 Å². The van der Waals surface area contributed by atoms with Crippen molar-refractivity contribution in [1.29, 1.82) is 0 Å². The smallest absolute Gasteiger partial charge is 0.405 e. The van der Waals surface area contributed by atoms with Crippen molar-refractivity contribution in [1.82, 2.24) is 0 Å². The molecule has 0 aliphatic rings. The fourth-order valence-electron chi connectivity index (χ4n) is 3.42. The molecule has 0 aliphatic carbocycles. The van der Waals surface area contributed by atoms with Crippen molar-refractivity contribution >= 4 is 77.5 Å². The Morgan fingerprint density at radius 3 is 1.83 bits per heavy atom. The van der Waals surface area contributed by atoms with Gasteiger partial charge >= 0.3 is 6.36 Å². The first-order valence-electron chi connectivity index (χ1n) is 8.43. The second-order valence-electron chi connectivity index (χ2n) is 6.38. The number of hydrogen-bond donors (Lipinski definition) is 0. The second-order valence-corrected chi connectivity index (χ2v) is 10.9. The van der Waals surface area contributed by atoms with Gasteiger partial charge in [0.1, 0.15) is 15.0 Å². The normalized spacial score (nSPS) is 13.0. The van der Waals surface area contributed by atoms with Gasteiger partial charge in [-0.05, 0) is 57.9 Å². The minimum absolute atomic E-state index is 0.230. The number of hydrogen-bond acceptors (Lipinski definition) is 2. The molecule has 0 fully saturated rings. The first-order chi connectivity index (χ1) is 14.1. The van der Waals surface area contributed by atoms with Crippen LogP contribution in [0.5, 0.6) is 5.75 Å². The highest BCUT2D eigenvalue weighted by Gasteiger charge is 2.33. The molecule has 0 heterocycles. The van der Waals surface area contributed by atoms with Crippen LogP contribution in [-0.4, -0.2) is 10.6 Å². The zero-order chi connectivity index (χ0) is 21.6. The van der Waals surface area contributed by atoms with Crippen LogP contribution in [0.2, 0.25) is 0 Å². The highest BCUT2D eigenvalue weighted by atomic mass is 79.9. The Morgan fingerprint density at radius 2 is 1.30 bits per heavy atom. The SMILES string of the molecule is O=S(Br)c1ccc2cc(Br)ccc2c1-c1c(OC(F)(F)F)ccc2cc(Br)ccc12. The summed E-state index contributed by atoms with van der Waals surface area (Å²) in [4.78, 5) is 0.354. The Labute approximate surface area is 196 Å². The molecule has 0 saturated heterocycles. The maximum Gasteiger partial charge on any atom is 0.573 e. The number of halogens is 6. The van der Waals surface area contributed by atoms with Crippen molar-refractivity contribution in [3.05, 3.63) is 69.6 Å². The van der Waals surface area contributed by atoms with Gasteiger partial charge in [-0.15, -0.1) is 13.2 Å². The molecule has 30 heavy (non-hydrogen) atoms. The van der Waals surface area contributed by atoms with Crippen LogP contribution < -0.4 is 4.74 Å². The van der Waals surface area contributed by atoms with Crippen LogP contribution in [-0.2, 0) is 9.23 Å². The fourth-order valence-corrected chi connectivity index (χ4v) is 5.54. The summed E-state index contributed by atoms with van der Waals surface area (Å²) < 4.78 is 58.2. The van der Waals surface area contributed by atoms with E-state index in [0.717, 1.165) is 14.3 Å². The van der Waals surface area contributed by atoms with Crippen molar-refractivity contribution in [2.24, 2.45) is 0 Å². The lowest BCUT2D eigenvalue weighted by Gasteiger charge is -2.19. The number of alkyl halides is 3. The van der Waals surface area contributed by atoms with Crippen molar-refractivity contribution in [2.45, 2.75) is 11.3 Å². The predicted molar refractivity (Wildman–Crippen MR) is 124 cm³/mol. The zero-order valence-electron chi connectivity index (χ0n) is 14.8. The molecule has 0 radical (unpaired) electrons. The number of rotatable bonds is 3. The molecule has 4 rings (SSSR count). The lowest BCUT2D eigenvalue weighted by Crippen LogP contribution is -2.17. The highest BCUT2D eigenvalue weighted by molar-refractivity contribution is 9.46. The molecule has 0 bridgehead atoms. The van der Waals surface area contributed by atoms with Gasteiger partial charge in [-0.2, -0.15) is 0 Å². The van der Waals surface area contributed by atoms with Crippen LogP contribution in [0, 0.1) is 0 Å². The monoisotopic (exact) mass is 620 g/mol. The molecule has 9 heteroatoms. The quantitative estimate of drug-likeness (QED) is 0.214. The molecule has 1 atom stereocenters. The summed E-state index contributed by atoms with van der Waals surface area (Å²) in [6, 6.07) is 17.0. The van der Waals surface area contributed by atoms with Crippen LogP contribution in [0.4, 0.5) is 13.2 Å². The lowest BCUT2D eigenvalue weighted by atomic mass is 9.93. The Kier molecular flexibility index (Phi) is 6.00. The summed E-state index contributed by atoms with van der Waals surface area (Å²) in [7, 11) is -1.63. The standard InChI is InChI=1S/C21H10Br3F3O2S/c22-13-3-5-15-11(9-13)1-7-17(29-21(25,26)27)19(15)20-16-6-4-14(23)10-12(16)2-8-18(20)30(24)28/h1-10H. The van der Waals surface area contributed by atoms with Crippen molar-refractivity contribution < 1.29 is 22.1 Å². The van der Waals surface area contributed by atoms with Crippen molar-refractivity contribution in [2.75, 3.05) is 0 Å². The third-order valence-corrected chi connectivity index (χ3v) is 7.25. The van der Waals surface area contributed by atoms with Gasteiger partial charge in [0.25, 0.3) is 0 Å². The number of fused-ring (bicyclic) bond motifs is 2. The predicted octanol–water partition coefficient (Wildman–Crippen LogP) is 8.50. The molecule has 0 N–H and O–H groups in total. The minimum atomic E-state index is -4.88. The average Bonchev–Trinajstić information content (AvgIpc) is 2.65. The first-order valence-corrected chi connectivity index (χ1v) is 13.0. The van der Waals surface area contributed by atoms with Gasteiger partial charge in [0, 0.05) is 34.9 Å². The van der Waals surface area contributed by atoms with E-state index in [2.05, 4.69) is 51.4 Å². The average molecular weight is 623 g/mol. The molecule has 4 aromatic rings. The molecule has 0 aliphatic heterocycles. The Bertz CT molecular complexity index is 1320. The van der Waals surface area contributed by atoms with Crippen LogP contribution >= 0.6 is 46.7 Å². The summed E-state index contributed by atoms with van der Waals surface area (Å²) in [5.74, 6) is -0.355. The van der Waals surface area contributed by atoms with E-state index in [9.17, 15) is 17.4 Å². The topological polar surface area (TPSA) is 26.3 Å².